The van der Waals surface area contributed by atoms with Crippen LogP contribution in [0.1, 0.15) is 43.0 Å². The van der Waals surface area contributed by atoms with Gasteiger partial charge < -0.3 is 10.4 Å². The fraction of sp³-hybridized carbons (Fsp3) is 0.400. The average Bonchev–Trinajstić information content (AvgIpc) is 2.75. The van der Waals surface area contributed by atoms with Gasteiger partial charge in [-0.15, -0.1) is 0 Å². The molecule has 1 aliphatic heterocycles. The van der Waals surface area contributed by atoms with Gasteiger partial charge in [-0.1, -0.05) is 55.8 Å². The highest BCUT2D eigenvalue weighted by Crippen LogP contribution is 2.25. The summed E-state index contributed by atoms with van der Waals surface area (Å²) in [5.41, 5.74) is 6.06. The van der Waals surface area contributed by atoms with Gasteiger partial charge in [0.1, 0.15) is 0 Å². The summed E-state index contributed by atoms with van der Waals surface area (Å²) >= 11 is 0. The second kappa shape index (κ2) is 9.38. The molecule has 4 heteroatoms. The van der Waals surface area contributed by atoms with Gasteiger partial charge in [-0.25, -0.2) is 0 Å². The summed E-state index contributed by atoms with van der Waals surface area (Å²) in [6.45, 7) is 5.88. The number of hydrogen-bond acceptors (Lipinski definition) is 4. The molecule has 0 saturated carbocycles. The lowest BCUT2D eigenvalue weighted by molar-refractivity contribution is 0.0791. The van der Waals surface area contributed by atoms with Gasteiger partial charge in [0.05, 0.1) is 11.6 Å². The van der Waals surface area contributed by atoms with Crippen LogP contribution in [-0.4, -0.2) is 34.2 Å². The molecule has 0 bridgehead atoms. The van der Waals surface area contributed by atoms with E-state index in [0.717, 1.165) is 68.8 Å². The van der Waals surface area contributed by atoms with E-state index in [1.165, 1.54) is 16.5 Å². The minimum Gasteiger partial charge on any atom is -0.393 e. The van der Waals surface area contributed by atoms with Crippen molar-refractivity contribution < 1.29 is 5.11 Å². The van der Waals surface area contributed by atoms with Gasteiger partial charge in [0.15, 0.2) is 0 Å². The number of anilines is 1. The molecular weight excluding hydrogens is 358 g/mol. The van der Waals surface area contributed by atoms with Crippen molar-refractivity contribution in [1.29, 1.82) is 0 Å². The Morgan fingerprint density at radius 1 is 1.03 bits per heavy atom. The van der Waals surface area contributed by atoms with Crippen molar-refractivity contribution in [2.24, 2.45) is 0 Å². The van der Waals surface area contributed by atoms with Crippen molar-refractivity contribution in [2.75, 3.05) is 18.4 Å². The van der Waals surface area contributed by atoms with E-state index in [9.17, 15) is 5.11 Å². The molecule has 0 amide bonds. The molecule has 4 rings (SSSR count). The number of hydrogen-bond donors (Lipinski definition) is 2. The Balaban J connectivity index is 1.52. The lowest BCUT2D eigenvalue weighted by Crippen LogP contribution is -2.35. The fourth-order valence-corrected chi connectivity index (χ4v) is 4.15. The van der Waals surface area contributed by atoms with E-state index < -0.39 is 0 Å². The monoisotopic (exact) mass is 389 g/mol. The molecule has 2 N–H and O–H groups in total. The normalized spacial score (nSPS) is 15.7. The zero-order valence-electron chi connectivity index (χ0n) is 17.3. The van der Waals surface area contributed by atoms with E-state index in [1.54, 1.807) is 0 Å². The van der Waals surface area contributed by atoms with Gasteiger partial charge in [-0.2, -0.15) is 0 Å². The van der Waals surface area contributed by atoms with Crippen LogP contribution in [0, 0.1) is 0 Å². The lowest BCUT2D eigenvalue weighted by atomic mass is 10.0. The highest BCUT2D eigenvalue weighted by Gasteiger charge is 2.17. The molecule has 1 aliphatic rings. The molecule has 0 unspecified atom stereocenters. The minimum atomic E-state index is -0.125. The first kappa shape index (κ1) is 19.9. The Morgan fingerprint density at radius 3 is 2.55 bits per heavy atom. The molecule has 2 aromatic carbocycles. The van der Waals surface area contributed by atoms with Crippen LogP contribution in [0.2, 0.25) is 0 Å². The number of nitrogens with zero attached hydrogens (tertiary/aromatic N) is 2. The molecule has 0 atom stereocenters. The smallest absolute Gasteiger partial charge is 0.0726 e. The maximum Gasteiger partial charge on any atom is 0.0726 e. The van der Waals surface area contributed by atoms with Crippen molar-refractivity contribution in [3.63, 3.8) is 0 Å². The molecule has 1 aromatic heterocycles. The Morgan fingerprint density at radius 2 is 1.76 bits per heavy atom. The summed E-state index contributed by atoms with van der Waals surface area (Å²) in [5, 5.41) is 14.6. The predicted octanol–water partition coefficient (Wildman–Crippen LogP) is 4.76. The molecule has 2 heterocycles. The number of aromatic nitrogens is 1. The number of aliphatic hydroxyl groups is 1. The number of benzene rings is 2. The van der Waals surface area contributed by atoms with Crippen molar-refractivity contribution in [3.05, 3.63) is 71.4 Å². The van der Waals surface area contributed by atoms with Gasteiger partial charge in [0.2, 0.25) is 0 Å². The van der Waals surface area contributed by atoms with Crippen LogP contribution >= 0.6 is 0 Å². The second-order valence-corrected chi connectivity index (χ2v) is 8.06. The highest BCUT2D eigenvalue weighted by atomic mass is 16.3. The first-order valence-corrected chi connectivity index (χ1v) is 10.8. The third-order valence-corrected chi connectivity index (χ3v) is 5.81. The maximum atomic E-state index is 9.76. The number of nitrogens with one attached hydrogen (secondary N) is 1. The lowest BCUT2D eigenvalue weighted by Gasteiger charge is -2.30. The molecular formula is C25H31N3O. The van der Waals surface area contributed by atoms with E-state index in [4.69, 9.17) is 4.98 Å². The van der Waals surface area contributed by atoms with Crippen molar-refractivity contribution in [3.8, 4) is 0 Å². The first-order valence-electron chi connectivity index (χ1n) is 10.8. The Hall–Kier alpha value is -2.43. The summed E-state index contributed by atoms with van der Waals surface area (Å²) in [6.07, 6.45) is 3.72. The van der Waals surface area contributed by atoms with E-state index >= 15 is 0 Å². The summed E-state index contributed by atoms with van der Waals surface area (Å²) < 4.78 is 0. The SMILES string of the molecule is CCCc1cc(NCc2ccccc2CN2CCC(O)CC2)c2ccccc2n1. The standard InChI is InChI=1S/C25H31N3O/c1-2-7-21-16-25(23-10-5-6-11-24(23)27-21)26-17-19-8-3-4-9-20(19)18-28-14-12-22(29)13-15-28/h3-6,8-11,16,22,29H,2,7,12-15,17-18H2,1H3,(H,26,27). The molecule has 29 heavy (non-hydrogen) atoms. The van der Waals surface area contributed by atoms with Crippen LogP contribution in [0.15, 0.2) is 54.6 Å². The zero-order chi connectivity index (χ0) is 20.1. The molecule has 4 nitrogen and oxygen atoms in total. The number of aliphatic hydroxyl groups excluding tert-OH is 1. The molecule has 1 fully saturated rings. The van der Waals surface area contributed by atoms with Gasteiger partial charge in [-0.05, 0) is 42.5 Å². The minimum absolute atomic E-state index is 0.125. The van der Waals surface area contributed by atoms with Crippen LogP contribution < -0.4 is 5.32 Å². The number of aryl methyl sites for hydroxylation is 1. The number of fused-ring (bicyclic) bond motifs is 1. The van der Waals surface area contributed by atoms with E-state index in [1.807, 2.05) is 0 Å². The zero-order valence-corrected chi connectivity index (χ0v) is 17.3. The van der Waals surface area contributed by atoms with Gasteiger partial charge in [0.25, 0.3) is 0 Å². The highest BCUT2D eigenvalue weighted by molar-refractivity contribution is 5.91. The van der Waals surface area contributed by atoms with Gasteiger partial charge in [0, 0.05) is 42.9 Å². The van der Waals surface area contributed by atoms with E-state index in [0.29, 0.717) is 0 Å². The van der Waals surface area contributed by atoms with Gasteiger partial charge in [-0.3, -0.25) is 9.88 Å². The van der Waals surface area contributed by atoms with Gasteiger partial charge >= 0.3 is 0 Å². The maximum absolute atomic E-state index is 9.76. The predicted molar refractivity (Wildman–Crippen MR) is 120 cm³/mol. The quantitative estimate of drug-likeness (QED) is 0.612. The third-order valence-electron chi connectivity index (χ3n) is 5.81. The third kappa shape index (κ3) is 4.95. The number of likely N-dealkylation sites (tertiary alicyclic amines) is 1. The summed E-state index contributed by atoms with van der Waals surface area (Å²) in [5.74, 6) is 0. The average molecular weight is 390 g/mol. The molecule has 0 spiro atoms. The Kier molecular flexibility index (Phi) is 6.43. The number of piperidine rings is 1. The summed E-state index contributed by atoms with van der Waals surface area (Å²) in [6, 6.07) is 19.3. The van der Waals surface area contributed by atoms with Crippen LogP contribution in [0.3, 0.4) is 0 Å². The molecule has 1 saturated heterocycles. The van der Waals surface area contributed by atoms with E-state index in [-0.39, 0.29) is 6.10 Å². The topological polar surface area (TPSA) is 48.4 Å². The van der Waals surface area contributed by atoms with E-state index in [2.05, 4.69) is 71.7 Å². The van der Waals surface area contributed by atoms with Crippen LogP contribution in [0.5, 0.6) is 0 Å². The number of rotatable bonds is 7. The van der Waals surface area contributed by atoms with Crippen molar-refractivity contribution >= 4 is 16.6 Å². The fourth-order valence-electron chi connectivity index (χ4n) is 4.15. The molecule has 3 aromatic rings. The van der Waals surface area contributed by atoms with Crippen LogP contribution in [0.25, 0.3) is 10.9 Å². The van der Waals surface area contributed by atoms with Crippen LogP contribution in [0.4, 0.5) is 5.69 Å². The molecule has 152 valence electrons. The molecule has 0 radical (unpaired) electrons. The van der Waals surface area contributed by atoms with Crippen molar-refractivity contribution in [1.82, 2.24) is 9.88 Å². The second-order valence-electron chi connectivity index (χ2n) is 8.06. The number of pyridine rings is 1. The Bertz CT molecular complexity index is 948. The summed E-state index contributed by atoms with van der Waals surface area (Å²) in [4.78, 5) is 7.27. The largest absolute Gasteiger partial charge is 0.393 e. The first-order chi connectivity index (χ1) is 14.2. The summed E-state index contributed by atoms with van der Waals surface area (Å²) in [7, 11) is 0. The Labute approximate surface area is 173 Å². The van der Waals surface area contributed by atoms with Crippen LogP contribution in [-0.2, 0) is 19.5 Å². The van der Waals surface area contributed by atoms with Crippen molar-refractivity contribution in [2.45, 2.75) is 51.8 Å². The molecule has 0 aliphatic carbocycles. The number of para-hydroxylation sites is 1.